The van der Waals surface area contributed by atoms with Crippen LogP contribution in [0.1, 0.15) is 11.3 Å². The quantitative estimate of drug-likeness (QED) is 0.381. The molecule has 0 aliphatic heterocycles. The first-order valence-corrected chi connectivity index (χ1v) is 7.76. The second-order valence-corrected chi connectivity index (χ2v) is 5.53. The molecule has 0 atom stereocenters. The average Bonchev–Trinajstić information content (AvgIpc) is 2.55. The minimum atomic E-state index is -0.266. The monoisotopic (exact) mass is 492 g/mol. The van der Waals surface area contributed by atoms with Crippen molar-refractivity contribution in [1.82, 2.24) is 15.6 Å². The molecule has 4 nitrogen and oxygen atoms in total. The molecule has 7 heteroatoms. The molecule has 1 aromatic heterocycles. The lowest BCUT2D eigenvalue weighted by Gasteiger charge is -2.12. The van der Waals surface area contributed by atoms with Gasteiger partial charge in [0.2, 0.25) is 0 Å². The van der Waals surface area contributed by atoms with Crippen LogP contribution >= 0.6 is 39.9 Å². The second-order valence-electron chi connectivity index (χ2n) is 4.67. The number of hydrogen-bond acceptors (Lipinski definition) is 2. The fraction of sp³-hybridized carbons (Fsp3) is 0.250. The number of rotatable bonds is 5. The van der Waals surface area contributed by atoms with Crippen molar-refractivity contribution in [3.8, 4) is 0 Å². The van der Waals surface area contributed by atoms with Crippen LogP contribution in [0, 0.1) is 5.82 Å². The normalized spacial score (nSPS) is 10.8. The standard InChI is InChI=1S/C16H18BrFN4.HI/c1-19-16(21-9-7-13-4-2-3-8-20-13)22-11-12-5-6-14(17)15(18)10-12;/h2-6,8,10H,7,9,11H2,1H3,(H2,19,21,22);1H. The van der Waals surface area contributed by atoms with Gasteiger partial charge in [-0.15, -0.1) is 24.0 Å². The van der Waals surface area contributed by atoms with Crippen molar-refractivity contribution in [1.29, 1.82) is 0 Å². The lowest BCUT2D eigenvalue weighted by molar-refractivity contribution is 0.617. The lowest BCUT2D eigenvalue weighted by atomic mass is 10.2. The number of hydrogen-bond donors (Lipinski definition) is 2. The Hall–Kier alpha value is -1.22. The molecule has 0 bridgehead atoms. The Bertz CT molecular complexity index is 637. The Labute approximate surface area is 161 Å². The molecule has 0 unspecified atom stereocenters. The zero-order chi connectivity index (χ0) is 15.8. The first kappa shape index (κ1) is 19.8. The molecule has 0 spiro atoms. The SMILES string of the molecule is CN=C(NCCc1ccccn1)NCc1ccc(Br)c(F)c1.I. The molecule has 0 fully saturated rings. The van der Waals surface area contributed by atoms with Gasteiger partial charge < -0.3 is 10.6 Å². The van der Waals surface area contributed by atoms with Gasteiger partial charge in [-0.05, 0) is 45.8 Å². The molecule has 2 rings (SSSR count). The fourth-order valence-corrected chi connectivity index (χ4v) is 2.16. The largest absolute Gasteiger partial charge is 0.356 e. The van der Waals surface area contributed by atoms with E-state index in [-0.39, 0.29) is 29.8 Å². The summed E-state index contributed by atoms with van der Waals surface area (Å²) in [5, 5.41) is 6.37. The van der Waals surface area contributed by atoms with Crippen LogP contribution in [0.2, 0.25) is 0 Å². The summed E-state index contributed by atoms with van der Waals surface area (Å²) in [4.78, 5) is 8.41. The Balaban J connectivity index is 0.00000264. The molecule has 1 heterocycles. The molecule has 1 aromatic carbocycles. The van der Waals surface area contributed by atoms with Gasteiger partial charge in [0.25, 0.3) is 0 Å². The minimum absolute atomic E-state index is 0. The van der Waals surface area contributed by atoms with Crippen molar-refractivity contribution in [2.45, 2.75) is 13.0 Å². The van der Waals surface area contributed by atoms with Crippen LogP contribution in [0.25, 0.3) is 0 Å². The van der Waals surface area contributed by atoms with Crippen molar-refractivity contribution < 1.29 is 4.39 Å². The number of guanidine groups is 1. The third-order valence-electron chi connectivity index (χ3n) is 3.07. The number of pyridine rings is 1. The maximum Gasteiger partial charge on any atom is 0.191 e. The first-order chi connectivity index (χ1) is 10.7. The summed E-state index contributed by atoms with van der Waals surface area (Å²) in [5.41, 5.74) is 1.88. The number of aromatic nitrogens is 1. The summed E-state index contributed by atoms with van der Waals surface area (Å²) in [6.45, 7) is 1.23. The van der Waals surface area contributed by atoms with Gasteiger partial charge in [0, 0.05) is 38.4 Å². The minimum Gasteiger partial charge on any atom is -0.356 e. The average molecular weight is 493 g/mol. The smallest absolute Gasteiger partial charge is 0.191 e. The van der Waals surface area contributed by atoms with Gasteiger partial charge in [0.1, 0.15) is 5.82 Å². The zero-order valence-corrected chi connectivity index (χ0v) is 16.6. The Morgan fingerprint density at radius 2 is 2.09 bits per heavy atom. The van der Waals surface area contributed by atoms with Crippen molar-refractivity contribution >= 4 is 45.9 Å². The van der Waals surface area contributed by atoms with Gasteiger partial charge in [-0.25, -0.2) is 4.39 Å². The summed E-state index contributed by atoms with van der Waals surface area (Å²) in [6, 6.07) is 10.9. The maximum atomic E-state index is 13.4. The van der Waals surface area contributed by atoms with E-state index in [1.54, 1.807) is 19.3 Å². The van der Waals surface area contributed by atoms with Crippen molar-refractivity contribution in [3.63, 3.8) is 0 Å². The van der Waals surface area contributed by atoms with Crippen molar-refractivity contribution in [2.75, 3.05) is 13.6 Å². The molecule has 0 saturated carbocycles. The molecule has 0 aliphatic carbocycles. The molecule has 23 heavy (non-hydrogen) atoms. The van der Waals surface area contributed by atoms with Crippen molar-refractivity contribution in [3.05, 3.63) is 64.1 Å². The first-order valence-electron chi connectivity index (χ1n) is 6.97. The molecule has 0 amide bonds. The highest BCUT2D eigenvalue weighted by molar-refractivity contribution is 14.0. The fourth-order valence-electron chi connectivity index (χ4n) is 1.91. The Morgan fingerprint density at radius 1 is 1.26 bits per heavy atom. The molecule has 0 aliphatic rings. The molecule has 2 aromatic rings. The van der Waals surface area contributed by atoms with Crippen LogP contribution in [0.3, 0.4) is 0 Å². The van der Waals surface area contributed by atoms with E-state index in [0.717, 1.165) is 24.2 Å². The van der Waals surface area contributed by atoms with Crippen LogP contribution in [0.15, 0.2) is 52.1 Å². The summed E-state index contributed by atoms with van der Waals surface area (Å²) in [7, 11) is 1.71. The van der Waals surface area contributed by atoms with Crippen molar-refractivity contribution in [2.24, 2.45) is 4.99 Å². The highest BCUT2D eigenvalue weighted by Crippen LogP contribution is 2.16. The number of aliphatic imine (C=N–C) groups is 1. The van der Waals surface area contributed by atoms with Gasteiger partial charge >= 0.3 is 0 Å². The summed E-state index contributed by atoms with van der Waals surface area (Å²) in [6.07, 6.45) is 2.60. The highest BCUT2D eigenvalue weighted by atomic mass is 127. The maximum absolute atomic E-state index is 13.4. The third kappa shape index (κ3) is 6.82. The van der Waals surface area contributed by atoms with E-state index in [4.69, 9.17) is 0 Å². The number of halogens is 3. The van der Waals surface area contributed by atoms with E-state index < -0.39 is 0 Å². The zero-order valence-electron chi connectivity index (χ0n) is 12.7. The van der Waals surface area contributed by atoms with E-state index >= 15 is 0 Å². The van der Waals surface area contributed by atoms with Gasteiger partial charge in [0.15, 0.2) is 5.96 Å². The topological polar surface area (TPSA) is 49.3 Å². The number of nitrogens with zero attached hydrogens (tertiary/aromatic N) is 2. The van der Waals surface area contributed by atoms with E-state index in [1.807, 2.05) is 24.3 Å². The van der Waals surface area contributed by atoms with Gasteiger partial charge in [-0.1, -0.05) is 12.1 Å². The number of nitrogens with one attached hydrogen (secondary N) is 2. The molecule has 124 valence electrons. The van der Waals surface area contributed by atoms with E-state index in [1.165, 1.54) is 6.07 Å². The van der Waals surface area contributed by atoms with Crippen LogP contribution in [0.4, 0.5) is 4.39 Å². The lowest BCUT2D eigenvalue weighted by Crippen LogP contribution is -2.37. The van der Waals surface area contributed by atoms with Crippen LogP contribution in [0.5, 0.6) is 0 Å². The molecule has 2 N–H and O–H groups in total. The second kappa shape index (κ2) is 10.5. The van der Waals surface area contributed by atoms with Crippen LogP contribution in [-0.4, -0.2) is 24.5 Å². The van der Waals surface area contributed by atoms with Gasteiger partial charge in [0.05, 0.1) is 4.47 Å². The summed E-state index contributed by atoms with van der Waals surface area (Å²) >= 11 is 3.14. The predicted octanol–water partition coefficient (Wildman–Crippen LogP) is 3.51. The van der Waals surface area contributed by atoms with Gasteiger partial charge in [-0.2, -0.15) is 0 Å². The summed E-state index contributed by atoms with van der Waals surface area (Å²) < 4.78 is 13.9. The van der Waals surface area contributed by atoms with Crippen LogP contribution in [-0.2, 0) is 13.0 Å². The van der Waals surface area contributed by atoms with E-state index in [9.17, 15) is 4.39 Å². The Morgan fingerprint density at radius 3 is 2.74 bits per heavy atom. The van der Waals surface area contributed by atoms with E-state index in [2.05, 4.69) is 36.5 Å². The van der Waals surface area contributed by atoms with E-state index in [0.29, 0.717) is 17.0 Å². The molecule has 0 saturated heterocycles. The molecular weight excluding hydrogens is 474 g/mol. The molecular formula is C16H19BrFIN4. The summed E-state index contributed by atoms with van der Waals surface area (Å²) in [5.74, 6) is 0.414. The third-order valence-corrected chi connectivity index (χ3v) is 3.71. The Kier molecular flexibility index (Phi) is 9.08. The van der Waals surface area contributed by atoms with Crippen LogP contribution < -0.4 is 10.6 Å². The highest BCUT2D eigenvalue weighted by Gasteiger charge is 2.02. The number of benzene rings is 1. The molecule has 0 radical (unpaired) electrons. The van der Waals surface area contributed by atoms with Gasteiger partial charge in [-0.3, -0.25) is 9.98 Å². The predicted molar refractivity (Wildman–Crippen MR) is 106 cm³/mol.